The molecule has 2 N–H and O–H groups in total. The molecule has 2 aromatic carbocycles. The van der Waals surface area contributed by atoms with Crippen LogP contribution in [-0.2, 0) is 9.53 Å². The van der Waals surface area contributed by atoms with E-state index < -0.39 is 35.6 Å². The molecular weight excluding hydrogens is 551 g/mol. The molecule has 0 bridgehead atoms. The summed E-state index contributed by atoms with van der Waals surface area (Å²) in [6, 6.07) is 9.02. The fourth-order valence-corrected chi connectivity index (χ4v) is 5.55. The summed E-state index contributed by atoms with van der Waals surface area (Å²) in [7, 11) is 0. The van der Waals surface area contributed by atoms with Gasteiger partial charge in [0, 0.05) is 42.5 Å². The Morgan fingerprint density at radius 2 is 1.83 bits per heavy atom. The normalized spacial score (nSPS) is 23.0. The van der Waals surface area contributed by atoms with Crippen molar-refractivity contribution in [2.45, 2.75) is 30.9 Å². The first-order chi connectivity index (χ1) is 19.5. The number of likely N-dealkylation sites (tertiary alicyclic amines) is 1. The minimum absolute atomic E-state index is 0.0273. The van der Waals surface area contributed by atoms with Gasteiger partial charge in [-0.2, -0.15) is 0 Å². The molecule has 3 aliphatic rings. The highest BCUT2D eigenvalue weighted by Crippen LogP contribution is 2.59. The number of amides is 2. The fourth-order valence-electron chi connectivity index (χ4n) is 5.55. The van der Waals surface area contributed by atoms with E-state index in [1.54, 1.807) is 0 Å². The lowest BCUT2D eigenvalue weighted by Crippen LogP contribution is -2.53. The minimum atomic E-state index is -5.01. The number of piperidine rings is 1. The molecule has 41 heavy (non-hydrogen) atoms. The van der Waals surface area contributed by atoms with Crippen LogP contribution in [0, 0.1) is 17.6 Å². The van der Waals surface area contributed by atoms with E-state index in [2.05, 4.69) is 20.4 Å². The van der Waals surface area contributed by atoms with Crippen LogP contribution in [0.3, 0.4) is 0 Å². The zero-order valence-corrected chi connectivity index (χ0v) is 21.3. The van der Waals surface area contributed by atoms with E-state index in [-0.39, 0.29) is 46.4 Å². The van der Waals surface area contributed by atoms with Crippen LogP contribution in [0.25, 0.3) is 11.3 Å². The Balaban J connectivity index is 1.14. The second-order valence-electron chi connectivity index (χ2n) is 10.3. The molecule has 3 heterocycles. The molecule has 2 aliphatic heterocycles. The number of carbonyl (C=O) groups is 2. The molecule has 1 aliphatic carbocycles. The number of halogens is 5. The van der Waals surface area contributed by atoms with Crippen LogP contribution in [0.1, 0.15) is 23.2 Å². The molecule has 2 saturated heterocycles. The van der Waals surface area contributed by atoms with Crippen LogP contribution in [0.15, 0.2) is 54.7 Å². The third-order valence-corrected chi connectivity index (χ3v) is 7.62. The van der Waals surface area contributed by atoms with Gasteiger partial charge in [0.1, 0.15) is 23.3 Å². The smallest absolute Gasteiger partial charge is 0.404 e. The van der Waals surface area contributed by atoms with Gasteiger partial charge in [-0.15, -0.1) is 13.2 Å². The maximum absolute atomic E-state index is 13.5. The quantitative estimate of drug-likeness (QED) is 0.305. The predicted molar refractivity (Wildman–Crippen MR) is 136 cm³/mol. The molecule has 6 rings (SSSR count). The van der Waals surface area contributed by atoms with E-state index in [1.165, 1.54) is 24.4 Å². The number of rotatable bonds is 7. The number of hydrogen-bond acceptors (Lipinski definition) is 6. The number of anilines is 2. The van der Waals surface area contributed by atoms with Crippen molar-refractivity contribution in [2.75, 3.05) is 30.3 Å². The van der Waals surface area contributed by atoms with Gasteiger partial charge in [0.15, 0.2) is 5.75 Å². The molecule has 8 nitrogen and oxygen atoms in total. The number of nitrogens with one attached hydrogen (secondary N) is 2. The first-order valence-electron chi connectivity index (χ1n) is 12.8. The van der Waals surface area contributed by atoms with Crippen molar-refractivity contribution in [1.29, 1.82) is 0 Å². The van der Waals surface area contributed by atoms with Gasteiger partial charge >= 0.3 is 6.36 Å². The highest BCUT2D eigenvalue weighted by atomic mass is 19.4. The molecule has 1 aromatic heterocycles. The van der Waals surface area contributed by atoms with Gasteiger partial charge in [-0.3, -0.25) is 19.5 Å². The maximum Gasteiger partial charge on any atom is 0.573 e. The standard InChI is InChI=1S/C28H23F5N4O4/c29-18-7-16(8-19(30)9-18)21-3-1-15(11-34-21)26(39)35-20-2-4-23(40-28(31,32)33)22(10-20)36-25(38)14-37-12-17-5-6-27(17)24(13-37)41-27/h1-4,7-11,17,24H,5-6,12-14H2,(H,35,39)(H,36,38). The summed E-state index contributed by atoms with van der Waals surface area (Å²) in [4.78, 5) is 31.6. The number of nitrogens with zero attached hydrogens (tertiary/aromatic N) is 2. The number of benzene rings is 2. The summed E-state index contributed by atoms with van der Waals surface area (Å²) in [6.07, 6.45) is -1.69. The lowest BCUT2D eigenvalue weighted by molar-refractivity contribution is -0.274. The monoisotopic (exact) mass is 574 g/mol. The summed E-state index contributed by atoms with van der Waals surface area (Å²) < 4.78 is 76.0. The molecule has 214 valence electrons. The predicted octanol–water partition coefficient (Wildman–Crippen LogP) is 4.98. The zero-order chi connectivity index (χ0) is 28.9. The largest absolute Gasteiger partial charge is 0.573 e. The van der Waals surface area contributed by atoms with Crippen molar-refractivity contribution < 1.29 is 41.0 Å². The summed E-state index contributed by atoms with van der Waals surface area (Å²) in [5.74, 6) is -3.04. The summed E-state index contributed by atoms with van der Waals surface area (Å²) in [6.45, 7) is 1.21. The van der Waals surface area contributed by atoms with Gasteiger partial charge in [0.05, 0.1) is 23.5 Å². The highest BCUT2D eigenvalue weighted by molar-refractivity contribution is 6.05. The number of aromatic nitrogens is 1. The number of epoxide rings is 1. The molecule has 1 saturated carbocycles. The van der Waals surface area contributed by atoms with Gasteiger partial charge in [0.2, 0.25) is 5.91 Å². The van der Waals surface area contributed by atoms with Gasteiger partial charge < -0.3 is 20.1 Å². The van der Waals surface area contributed by atoms with Gasteiger partial charge in [-0.25, -0.2) is 8.78 Å². The van der Waals surface area contributed by atoms with E-state index >= 15 is 0 Å². The van der Waals surface area contributed by atoms with E-state index in [9.17, 15) is 31.5 Å². The van der Waals surface area contributed by atoms with Crippen LogP contribution in [0.2, 0.25) is 0 Å². The van der Waals surface area contributed by atoms with E-state index in [0.717, 1.165) is 43.2 Å². The van der Waals surface area contributed by atoms with Crippen molar-refractivity contribution in [2.24, 2.45) is 5.92 Å². The molecule has 1 spiro atoms. The second-order valence-corrected chi connectivity index (χ2v) is 10.3. The molecule has 3 aromatic rings. The summed E-state index contributed by atoms with van der Waals surface area (Å²) in [5.41, 5.74) is 0.260. The Labute approximate surface area is 230 Å². The molecular formula is C28H23F5N4O4. The third-order valence-electron chi connectivity index (χ3n) is 7.62. The highest BCUT2D eigenvalue weighted by Gasteiger charge is 2.68. The zero-order valence-electron chi connectivity index (χ0n) is 21.3. The second kappa shape index (κ2) is 10.1. The molecule has 3 atom stereocenters. The van der Waals surface area contributed by atoms with Crippen LogP contribution in [0.4, 0.5) is 33.3 Å². The number of ether oxygens (including phenoxy) is 2. The number of hydrogen-bond donors (Lipinski definition) is 2. The molecule has 3 fully saturated rings. The molecule has 2 amide bonds. The van der Waals surface area contributed by atoms with Crippen molar-refractivity contribution >= 4 is 23.2 Å². The molecule has 13 heteroatoms. The lowest BCUT2D eigenvalue weighted by atomic mass is 9.69. The van der Waals surface area contributed by atoms with E-state index in [1.807, 2.05) is 4.90 Å². The topological polar surface area (TPSA) is 96.1 Å². The van der Waals surface area contributed by atoms with Gasteiger partial charge in [0.25, 0.3) is 5.91 Å². The summed E-state index contributed by atoms with van der Waals surface area (Å²) in [5, 5.41) is 5.00. The van der Waals surface area contributed by atoms with Crippen LogP contribution < -0.4 is 15.4 Å². The summed E-state index contributed by atoms with van der Waals surface area (Å²) >= 11 is 0. The number of pyridine rings is 1. The first kappa shape index (κ1) is 27.1. The van der Waals surface area contributed by atoms with Gasteiger partial charge in [-0.05, 0) is 55.3 Å². The molecule has 3 unspecified atom stereocenters. The van der Waals surface area contributed by atoms with Crippen LogP contribution in [0.5, 0.6) is 5.75 Å². The average molecular weight is 575 g/mol. The average Bonchev–Trinajstić information content (AvgIpc) is 3.64. The Morgan fingerprint density at radius 1 is 1.05 bits per heavy atom. The van der Waals surface area contributed by atoms with Gasteiger partial charge in [-0.1, -0.05) is 0 Å². The Hall–Kier alpha value is -4.10. The maximum atomic E-state index is 13.5. The third kappa shape index (κ3) is 5.72. The number of alkyl halides is 3. The van der Waals surface area contributed by atoms with Crippen molar-refractivity contribution in [3.05, 3.63) is 71.9 Å². The molecule has 0 radical (unpaired) electrons. The number of carbonyl (C=O) groups excluding carboxylic acids is 2. The SMILES string of the molecule is O=C(CN1CC2CCC23OC3C1)Nc1cc(NC(=O)c2ccc(-c3cc(F)cc(F)c3)nc2)ccc1OC(F)(F)F. The fraction of sp³-hybridized carbons (Fsp3) is 0.321. The lowest BCUT2D eigenvalue weighted by Gasteiger charge is -2.42. The Kier molecular flexibility index (Phi) is 6.65. The minimum Gasteiger partial charge on any atom is -0.404 e. The van der Waals surface area contributed by atoms with Crippen LogP contribution >= 0.6 is 0 Å². The van der Waals surface area contributed by atoms with Crippen molar-refractivity contribution in [1.82, 2.24) is 9.88 Å². The van der Waals surface area contributed by atoms with Crippen molar-refractivity contribution in [3.63, 3.8) is 0 Å². The van der Waals surface area contributed by atoms with E-state index in [4.69, 9.17) is 4.74 Å². The Bertz CT molecular complexity index is 1500. The van der Waals surface area contributed by atoms with Crippen molar-refractivity contribution in [3.8, 4) is 17.0 Å². The van der Waals surface area contributed by atoms with E-state index in [0.29, 0.717) is 19.0 Å². The first-order valence-corrected chi connectivity index (χ1v) is 12.8. The van der Waals surface area contributed by atoms with Crippen LogP contribution in [-0.4, -0.2) is 59.4 Å². The Morgan fingerprint density at radius 3 is 2.46 bits per heavy atom.